The highest BCUT2D eigenvalue weighted by atomic mass is 16.5. The fraction of sp³-hybridized carbons (Fsp3) is 0.0952. The molecule has 28 heavy (non-hydrogen) atoms. The van der Waals surface area contributed by atoms with Gasteiger partial charge in [0.15, 0.2) is 17.3 Å². The first kappa shape index (κ1) is 17.5. The molecule has 7 heteroatoms. The number of anilines is 2. The Labute approximate surface area is 162 Å². The second-order valence-corrected chi connectivity index (χ2v) is 6.15. The Hall–Kier alpha value is -3.87. The molecule has 2 N–H and O–H groups in total. The van der Waals surface area contributed by atoms with Gasteiger partial charge in [-0.1, -0.05) is 12.1 Å². The van der Waals surface area contributed by atoms with E-state index >= 15 is 0 Å². The van der Waals surface area contributed by atoms with Crippen LogP contribution in [0.25, 0.3) is 11.4 Å². The maximum atomic E-state index is 5.86. The molecule has 0 unspecified atom stereocenters. The van der Waals surface area contributed by atoms with E-state index in [0.717, 1.165) is 16.8 Å². The van der Waals surface area contributed by atoms with E-state index in [9.17, 15) is 0 Å². The largest absolute Gasteiger partial charge is 0.493 e. The molecule has 0 saturated carbocycles. The SMILES string of the molecule is COc1cc(-c2nc(Nc3cccc(C)c3)n[nH]2)ccc1Oc1ccncc1. The normalized spacial score (nSPS) is 10.5. The van der Waals surface area contributed by atoms with Crippen LogP contribution < -0.4 is 14.8 Å². The summed E-state index contributed by atoms with van der Waals surface area (Å²) < 4.78 is 11.3. The Morgan fingerprint density at radius 1 is 0.964 bits per heavy atom. The van der Waals surface area contributed by atoms with Crippen molar-refractivity contribution in [2.45, 2.75) is 6.92 Å². The maximum Gasteiger partial charge on any atom is 0.246 e. The number of aromatic amines is 1. The minimum Gasteiger partial charge on any atom is -0.493 e. The van der Waals surface area contributed by atoms with E-state index in [1.807, 2.05) is 49.4 Å². The molecule has 4 aromatic rings. The smallest absolute Gasteiger partial charge is 0.246 e. The van der Waals surface area contributed by atoms with E-state index < -0.39 is 0 Å². The van der Waals surface area contributed by atoms with Gasteiger partial charge in [0.05, 0.1) is 7.11 Å². The highest BCUT2D eigenvalue weighted by Gasteiger charge is 2.11. The number of hydrogen-bond acceptors (Lipinski definition) is 6. The number of benzene rings is 2. The molecule has 0 amide bonds. The Morgan fingerprint density at radius 2 is 1.82 bits per heavy atom. The number of H-pyrrole nitrogens is 1. The van der Waals surface area contributed by atoms with Crippen molar-refractivity contribution in [1.82, 2.24) is 20.2 Å². The van der Waals surface area contributed by atoms with Gasteiger partial charge < -0.3 is 14.8 Å². The van der Waals surface area contributed by atoms with E-state index in [-0.39, 0.29) is 0 Å². The summed E-state index contributed by atoms with van der Waals surface area (Å²) in [5.74, 6) is 3.01. The van der Waals surface area contributed by atoms with Crippen LogP contribution in [0.3, 0.4) is 0 Å². The van der Waals surface area contributed by atoms with Gasteiger partial charge in [-0.3, -0.25) is 10.1 Å². The Kier molecular flexibility index (Phi) is 4.88. The summed E-state index contributed by atoms with van der Waals surface area (Å²) in [4.78, 5) is 8.50. The second kappa shape index (κ2) is 7.79. The van der Waals surface area contributed by atoms with Crippen LogP contribution in [-0.2, 0) is 0 Å². The lowest BCUT2D eigenvalue weighted by molar-refractivity contribution is 0.379. The molecule has 4 rings (SSSR count). The van der Waals surface area contributed by atoms with Crippen LogP contribution in [0.4, 0.5) is 11.6 Å². The Morgan fingerprint density at radius 3 is 2.61 bits per heavy atom. The van der Waals surface area contributed by atoms with Gasteiger partial charge in [-0.2, -0.15) is 4.98 Å². The molecule has 0 aliphatic heterocycles. The predicted octanol–water partition coefficient (Wildman–Crippen LogP) is 4.72. The summed E-state index contributed by atoms with van der Waals surface area (Å²) in [5, 5.41) is 10.4. The van der Waals surface area contributed by atoms with Crippen molar-refractivity contribution in [3.8, 4) is 28.6 Å². The average molecular weight is 373 g/mol. The van der Waals surface area contributed by atoms with Crippen molar-refractivity contribution in [2.24, 2.45) is 0 Å². The number of methoxy groups -OCH3 is 1. The summed E-state index contributed by atoms with van der Waals surface area (Å²) in [6.45, 7) is 2.04. The molecular weight excluding hydrogens is 354 g/mol. The minimum absolute atomic E-state index is 0.497. The van der Waals surface area contributed by atoms with E-state index in [2.05, 4.69) is 25.5 Å². The molecule has 0 bridgehead atoms. The van der Waals surface area contributed by atoms with E-state index in [1.165, 1.54) is 0 Å². The predicted molar refractivity (Wildman–Crippen MR) is 107 cm³/mol. The van der Waals surface area contributed by atoms with Gasteiger partial charge in [-0.25, -0.2) is 0 Å². The molecule has 2 aromatic heterocycles. The quantitative estimate of drug-likeness (QED) is 0.509. The fourth-order valence-corrected chi connectivity index (χ4v) is 2.73. The molecule has 140 valence electrons. The number of aromatic nitrogens is 4. The van der Waals surface area contributed by atoms with Crippen LogP contribution in [0.15, 0.2) is 67.0 Å². The lowest BCUT2D eigenvalue weighted by Crippen LogP contribution is -1.93. The molecule has 7 nitrogen and oxygen atoms in total. The van der Waals surface area contributed by atoms with Crippen molar-refractivity contribution in [1.29, 1.82) is 0 Å². The van der Waals surface area contributed by atoms with Crippen molar-refractivity contribution in [3.05, 3.63) is 72.6 Å². The molecule has 0 spiro atoms. The van der Waals surface area contributed by atoms with Crippen LogP contribution in [0.5, 0.6) is 17.2 Å². The number of pyridine rings is 1. The number of rotatable bonds is 6. The summed E-state index contributed by atoms with van der Waals surface area (Å²) in [6.07, 6.45) is 3.35. The molecule has 2 heterocycles. The van der Waals surface area contributed by atoms with Crippen LogP contribution >= 0.6 is 0 Å². The van der Waals surface area contributed by atoms with Crippen molar-refractivity contribution < 1.29 is 9.47 Å². The van der Waals surface area contributed by atoms with Crippen molar-refractivity contribution in [2.75, 3.05) is 12.4 Å². The third-order valence-corrected chi connectivity index (χ3v) is 4.07. The van der Waals surface area contributed by atoms with Gasteiger partial charge in [-0.05, 0) is 55.0 Å². The van der Waals surface area contributed by atoms with Gasteiger partial charge in [0.2, 0.25) is 5.95 Å². The molecule has 0 radical (unpaired) electrons. The first-order chi connectivity index (χ1) is 13.7. The van der Waals surface area contributed by atoms with Crippen LogP contribution in [0.2, 0.25) is 0 Å². The molecular formula is C21H19N5O2. The topological polar surface area (TPSA) is 85.0 Å². The molecule has 0 fully saturated rings. The lowest BCUT2D eigenvalue weighted by Gasteiger charge is -2.11. The number of ether oxygens (including phenoxy) is 2. The van der Waals surface area contributed by atoms with Crippen LogP contribution in [0, 0.1) is 6.92 Å². The third kappa shape index (κ3) is 3.93. The Balaban J connectivity index is 1.55. The van der Waals surface area contributed by atoms with Gasteiger partial charge in [0, 0.05) is 23.6 Å². The Bertz CT molecular complexity index is 1080. The third-order valence-electron chi connectivity index (χ3n) is 4.07. The van der Waals surface area contributed by atoms with Gasteiger partial charge in [-0.15, -0.1) is 5.10 Å². The minimum atomic E-state index is 0.497. The van der Waals surface area contributed by atoms with Crippen LogP contribution in [0.1, 0.15) is 5.56 Å². The molecule has 0 saturated heterocycles. The molecule has 0 aliphatic carbocycles. The second-order valence-electron chi connectivity index (χ2n) is 6.15. The van der Waals surface area contributed by atoms with Gasteiger partial charge in [0.25, 0.3) is 0 Å². The van der Waals surface area contributed by atoms with Gasteiger partial charge in [0.1, 0.15) is 5.75 Å². The monoisotopic (exact) mass is 373 g/mol. The molecule has 0 atom stereocenters. The van der Waals surface area contributed by atoms with Crippen LogP contribution in [-0.4, -0.2) is 27.3 Å². The molecule has 2 aromatic carbocycles. The fourth-order valence-electron chi connectivity index (χ4n) is 2.73. The van der Waals surface area contributed by atoms with E-state index in [0.29, 0.717) is 29.0 Å². The lowest BCUT2D eigenvalue weighted by atomic mass is 10.2. The molecule has 0 aliphatic rings. The number of hydrogen-bond donors (Lipinski definition) is 2. The first-order valence-electron chi connectivity index (χ1n) is 8.73. The zero-order valence-electron chi connectivity index (χ0n) is 15.5. The van der Waals surface area contributed by atoms with Gasteiger partial charge >= 0.3 is 0 Å². The summed E-state index contributed by atoms with van der Waals surface area (Å²) in [6, 6.07) is 17.2. The zero-order valence-corrected chi connectivity index (χ0v) is 15.5. The zero-order chi connectivity index (χ0) is 19.3. The summed E-state index contributed by atoms with van der Waals surface area (Å²) in [7, 11) is 1.60. The van der Waals surface area contributed by atoms with Crippen molar-refractivity contribution in [3.63, 3.8) is 0 Å². The number of aryl methyl sites for hydroxylation is 1. The highest BCUT2D eigenvalue weighted by Crippen LogP contribution is 2.34. The summed E-state index contributed by atoms with van der Waals surface area (Å²) in [5.41, 5.74) is 2.93. The maximum absolute atomic E-state index is 5.86. The first-order valence-corrected chi connectivity index (χ1v) is 8.73. The number of nitrogens with zero attached hydrogens (tertiary/aromatic N) is 3. The summed E-state index contributed by atoms with van der Waals surface area (Å²) >= 11 is 0. The standard InChI is InChI=1S/C21H19N5O2/c1-14-4-3-5-16(12-14)23-21-24-20(25-26-21)15-6-7-18(19(13-15)27-2)28-17-8-10-22-11-9-17/h3-13H,1-2H3,(H2,23,24,25,26). The number of nitrogens with one attached hydrogen (secondary N) is 2. The van der Waals surface area contributed by atoms with Crippen molar-refractivity contribution >= 4 is 11.6 Å². The van der Waals surface area contributed by atoms with E-state index in [1.54, 1.807) is 31.6 Å². The average Bonchev–Trinajstić information content (AvgIpc) is 3.17. The van der Waals surface area contributed by atoms with E-state index in [4.69, 9.17) is 9.47 Å². The highest BCUT2D eigenvalue weighted by molar-refractivity contribution is 5.63.